The number of nitrogens with one attached hydrogen (secondary N) is 11. The molecule has 1 fully saturated rings. The van der Waals surface area contributed by atoms with Gasteiger partial charge in [-0.05, 0) is 45.4 Å². The number of hydrogen-bond acceptors (Lipinski definition) is 22. The number of hydrogen-bond donors (Lipinski definition) is 21. The fourth-order valence-electron chi connectivity index (χ4n) is 7.45. The molecule has 0 aromatic carbocycles. The van der Waals surface area contributed by atoms with Gasteiger partial charge in [0.15, 0.2) is 0 Å². The molecular weight excluding hydrogens is 1210 g/mol. The van der Waals surface area contributed by atoms with E-state index in [2.05, 4.69) is 134 Å². The minimum atomic E-state index is -1.71. The molecule has 1 aliphatic heterocycles. The third kappa shape index (κ3) is 26.3. The van der Waals surface area contributed by atoms with Crippen molar-refractivity contribution in [3.8, 4) is 0 Å². The SMILES string of the molecule is CC(C)C[C@H](NC(=O)[C@H](CCC(=O)O)NC(=O)[C@H](CS)NC(=O)[C@@H](N)CS)C(=O)N[C@@H](CS)C(=O)N[C@@H](CS)C(=O)N[C@@H](CC(N)=O)C(=O)N1CCC[C@H]1C(=O)N[C@@H](C)C(=O)N[C@@H](CS)C(=O)N[C@@H](C)C(=O)NCC(=O)N[C@@H](CS)C(=O)O. The number of carbonyl (C=O) groups is 15. The van der Waals surface area contributed by atoms with E-state index in [1.54, 1.807) is 13.8 Å². The lowest BCUT2D eigenvalue weighted by Gasteiger charge is -2.30. The van der Waals surface area contributed by atoms with E-state index < -0.39 is 193 Å². The average Bonchev–Trinajstić information content (AvgIpc) is 4.09. The highest BCUT2D eigenvalue weighted by molar-refractivity contribution is 7.81. The molecular formula is C46H76N14O17S6. The standard InChI is InChI=1S/C46H76N14O17S6/c1-19(2)10-24(54-38(68)23(7-8-34(63)64)53-41(71)27(15-80)57-37(67)22(47)13-78)39(69)58-29(17-82)43(73)59-28(16-81)42(72)55-25(11-32(48)61)45(75)60-9-5-6-31(60)44(74)51-21(4)36(66)56-26(14-79)40(70)50-20(3)35(65)49-12-33(62)52-30(18-83)46(76)77/h19-31,78-83H,5-18,47H2,1-4H3,(H2,48,61)(H,49,65)(H,50,70)(H,51,74)(H,52,62)(H,53,71)(H,54,68)(H,55,72)(H,56,66)(H,57,67)(H,58,69)(H,59,73)(H,63,64)(H,76,77)/t20-,21-,22-,23-,24-,25-,26-,27-,28-,29-,30-,31-/m0/s1. The average molecular weight is 1290 g/mol. The predicted molar refractivity (Wildman–Crippen MR) is 317 cm³/mol. The van der Waals surface area contributed by atoms with Crippen LogP contribution in [0.4, 0.5) is 0 Å². The van der Waals surface area contributed by atoms with Crippen LogP contribution in [0.5, 0.6) is 0 Å². The number of nitrogens with zero attached hydrogens (tertiary/aromatic N) is 1. The normalized spacial score (nSPS) is 16.8. The molecule has 83 heavy (non-hydrogen) atoms. The first kappa shape index (κ1) is 75.1. The summed E-state index contributed by atoms with van der Waals surface area (Å²) in [6.45, 7) is 5.24. The lowest BCUT2D eigenvalue weighted by Crippen LogP contribution is -2.61. The second-order valence-corrected chi connectivity index (χ2v) is 21.4. The van der Waals surface area contributed by atoms with Gasteiger partial charge in [0.25, 0.3) is 0 Å². The molecule has 31 nitrogen and oxygen atoms in total. The van der Waals surface area contributed by atoms with E-state index in [0.29, 0.717) is 0 Å². The van der Waals surface area contributed by atoms with Crippen LogP contribution in [0.25, 0.3) is 0 Å². The first-order chi connectivity index (χ1) is 38.9. The molecule has 37 heteroatoms. The monoisotopic (exact) mass is 1290 g/mol. The number of thiol groups is 6. The second-order valence-electron chi connectivity index (χ2n) is 19.2. The van der Waals surface area contributed by atoms with Crippen LogP contribution in [0.1, 0.15) is 66.2 Å². The summed E-state index contributed by atoms with van der Waals surface area (Å²) in [7, 11) is 0. The Morgan fingerprint density at radius 3 is 1.39 bits per heavy atom. The molecule has 1 aliphatic rings. The van der Waals surface area contributed by atoms with Gasteiger partial charge in [0.2, 0.25) is 76.8 Å². The van der Waals surface area contributed by atoms with Gasteiger partial charge in [0, 0.05) is 47.5 Å². The first-order valence-electron chi connectivity index (χ1n) is 25.6. The highest BCUT2D eigenvalue weighted by Gasteiger charge is 2.41. The van der Waals surface area contributed by atoms with Gasteiger partial charge in [0.05, 0.1) is 19.0 Å². The van der Waals surface area contributed by atoms with Crippen LogP contribution in [0.15, 0.2) is 0 Å². The summed E-state index contributed by atoms with van der Waals surface area (Å²) in [5, 5.41) is 44.4. The number of rotatable bonds is 37. The summed E-state index contributed by atoms with van der Waals surface area (Å²) in [5.41, 5.74) is 11.1. The van der Waals surface area contributed by atoms with Gasteiger partial charge in [-0.15, -0.1) is 0 Å². The minimum absolute atomic E-state index is 0.0490. The summed E-state index contributed by atoms with van der Waals surface area (Å²) in [5.74, 6) is -16.6. The topological polar surface area (TPSA) is 484 Å². The molecule has 468 valence electrons. The molecule has 1 rings (SSSR count). The fraction of sp³-hybridized carbons (Fsp3) is 0.674. The van der Waals surface area contributed by atoms with Crippen molar-refractivity contribution in [2.75, 3.05) is 47.6 Å². The molecule has 1 saturated heterocycles. The van der Waals surface area contributed by atoms with Crippen LogP contribution >= 0.6 is 75.8 Å². The Labute approximate surface area is 511 Å². The van der Waals surface area contributed by atoms with Crippen LogP contribution < -0.4 is 70.0 Å². The molecule has 0 aromatic rings. The lowest BCUT2D eigenvalue weighted by molar-refractivity contribution is -0.143. The van der Waals surface area contributed by atoms with Crippen molar-refractivity contribution in [2.24, 2.45) is 17.4 Å². The molecule has 0 saturated carbocycles. The number of aliphatic carboxylic acids is 2. The Morgan fingerprint density at radius 2 is 0.928 bits per heavy atom. The number of carbonyl (C=O) groups excluding carboxylic acids is 13. The zero-order valence-electron chi connectivity index (χ0n) is 45.7. The lowest BCUT2D eigenvalue weighted by atomic mass is 10.0. The second kappa shape index (κ2) is 38.1. The predicted octanol–water partition coefficient (Wildman–Crippen LogP) is -7.24. The van der Waals surface area contributed by atoms with Gasteiger partial charge in [-0.1, -0.05) is 13.8 Å². The molecule has 0 bridgehead atoms. The van der Waals surface area contributed by atoms with Gasteiger partial charge < -0.3 is 85.1 Å². The summed E-state index contributed by atoms with van der Waals surface area (Å²) >= 11 is 24.3. The van der Waals surface area contributed by atoms with Crippen LogP contribution in [0, 0.1) is 5.92 Å². The highest BCUT2D eigenvalue weighted by atomic mass is 32.1. The maximum Gasteiger partial charge on any atom is 0.327 e. The largest absolute Gasteiger partial charge is 0.481 e. The van der Waals surface area contributed by atoms with Crippen molar-refractivity contribution >= 4 is 165 Å². The molecule has 0 radical (unpaired) electrons. The van der Waals surface area contributed by atoms with E-state index in [4.69, 9.17) is 16.6 Å². The Balaban J connectivity index is 3.13. The Bertz CT molecular complexity index is 2370. The number of nitrogens with two attached hydrogens (primary N) is 2. The molecule has 12 atom stereocenters. The smallest absolute Gasteiger partial charge is 0.327 e. The van der Waals surface area contributed by atoms with Crippen molar-refractivity contribution < 1.29 is 82.1 Å². The number of amides is 13. The number of carboxylic acid groups (broad SMARTS) is 2. The van der Waals surface area contributed by atoms with Crippen molar-refractivity contribution in [1.82, 2.24) is 63.4 Å². The molecule has 0 unspecified atom stereocenters. The molecule has 13 amide bonds. The van der Waals surface area contributed by atoms with Gasteiger partial charge in [-0.2, -0.15) is 75.8 Å². The van der Waals surface area contributed by atoms with Gasteiger partial charge in [-0.3, -0.25) is 67.1 Å². The third-order valence-electron chi connectivity index (χ3n) is 12.0. The van der Waals surface area contributed by atoms with Gasteiger partial charge in [0.1, 0.15) is 66.5 Å². The summed E-state index contributed by atoms with van der Waals surface area (Å²) < 4.78 is 0. The van der Waals surface area contributed by atoms with Crippen LogP contribution in [-0.4, -0.2) is 224 Å². The molecule has 17 N–H and O–H groups in total. The minimum Gasteiger partial charge on any atom is -0.481 e. The Kier molecular flexibility index (Phi) is 34.5. The molecule has 0 aliphatic carbocycles. The van der Waals surface area contributed by atoms with Crippen LogP contribution in [-0.2, 0) is 71.9 Å². The van der Waals surface area contributed by atoms with E-state index in [0.717, 1.165) is 4.90 Å². The fourth-order valence-corrected chi connectivity index (χ4v) is 8.89. The van der Waals surface area contributed by atoms with Crippen molar-refractivity contribution in [2.45, 2.75) is 139 Å². The van der Waals surface area contributed by atoms with Crippen LogP contribution in [0.2, 0.25) is 0 Å². The van der Waals surface area contributed by atoms with E-state index in [1.165, 1.54) is 13.8 Å². The number of primary amides is 1. The van der Waals surface area contributed by atoms with E-state index >= 15 is 0 Å². The summed E-state index contributed by atoms with van der Waals surface area (Å²) in [6, 6.07) is -16.7. The van der Waals surface area contributed by atoms with Gasteiger partial charge in [-0.25, -0.2) is 4.79 Å². The number of carboxylic acids is 2. The Hall–Kier alpha value is -5.89. The first-order valence-corrected chi connectivity index (χ1v) is 29.4. The van der Waals surface area contributed by atoms with Crippen molar-refractivity contribution in [3.05, 3.63) is 0 Å². The molecule has 0 aromatic heterocycles. The van der Waals surface area contributed by atoms with E-state index in [1.807, 2.05) is 0 Å². The van der Waals surface area contributed by atoms with Crippen LogP contribution in [0.3, 0.4) is 0 Å². The van der Waals surface area contributed by atoms with Crippen molar-refractivity contribution in [3.63, 3.8) is 0 Å². The third-order valence-corrected chi connectivity index (χ3v) is 14.2. The quantitative estimate of drug-likeness (QED) is 0.0257. The zero-order chi connectivity index (χ0) is 63.4. The maximum atomic E-state index is 14.1. The Morgan fingerprint density at radius 1 is 0.506 bits per heavy atom. The van der Waals surface area contributed by atoms with E-state index in [-0.39, 0.29) is 60.5 Å². The highest BCUT2D eigenvalue weighted by Crippen LogP contribution is 2.20. The molecule has 1 heterocycles. The summed E-state index contributed by atoms with van der Waals surface area (Å²) in [6.07, 6.45) is -1.59. The number of likely N-dealkylation sites (tertiary alicyclic amines) is 1. The van der Waals surface area contributed by atoms with Gasteiger partial charge >= 0.3 is 11.9 Å². The summed E-state index contributed by atoms with van der Waals surface area (Å²) in [4.78, 5) is 195. The zero-order valence-corrected chi connectivity index (χ0v) is 51.1. The maximum absolute atomic E-state index is 14.1. The van der Waals surface area contributed by atoms with Crippen molar-refractivity contribution in [1.29, 1.82) is 0 Å². The molecule has 0 spiro atoms. The van der Waals surface area contributed by atoms with E-state index in [9.17, 15) is 77.0 Å².